The van der Waals surface area contributed by atoms with Crippen LogP contribution < -0.4 is 0 Å². The van der Waals surface area contributed by atoms with Crippen molar-refractivity contribution in [3.05, 3.63) is 140 Å². The minimum Gasteiger partial charge on any atom is -0.369 e. The van der Waals surface area contributed by atoms with Crippen molar-refractivity contribution < 1.29 is 5.11 Å². The molecule has 4 aromatic carbocycles. The van der Waals surface area contributed by atoms with Crippen molar-refractivity contribution in [2.45, 2.75) is 5.60 Å². The second-order valence-corrected chi connectivity index (χ2v) is 8.97. The van der Waals surface area contributed by atoms with E-state index in [-0.39, 0.29) is 0 Å². The van der Waals surface area contributed by atoms with Crippen LogP contribution in [0.1, 0.15) is 27.8 Å². The van der Waals surface area contributed by atoms with Gasteiger partial charge in [-0.15, -0.1) is 0 Å². The zero-order valence-corrected chi connectivity index (χ0v) is 20.2. The second-order valence-electron chi connectivity index (χ2n) is 7.14. The number of hydrogen-bond acceptors (Lipinski definition) is 1. The van der Waals surface area contributed by atoms with E-state index in [1.54, 1.807) is 0 Å². The first-order chi connectivity index (χ1) is 15.5. The Labute approximate surface area is 205 Å². The largest absolute Gasteiger partial charge is 0.369 e. The molecule has 3 heteroatoms. The van der Waals surface area contributed by atoms with Gasteiger partial charge < -0.3 is 5.11 Å². The van der Waals surface area contributed by atoms with Crippen molar-refractivity contribution in [3.8, 4) is 23.7 Å². The molecule has 0 fully saturated rings. The first-order valence-corrected chi connectivity index (χ1v) is 11.6. The maximum absolute atomic E-state index is 11.8. The Hall–Kier alpha value is -3.08. The summed E-state index contributed by atoms with van der Waals surface area (Å²) in [6, 6.07) is 32.7. The van der Waals surface area contributed by atoms with Crippen LogP contribution in [0.2, 0.25) is 0 Å². The molecule has 32 heavy (non-hydrogen) atoms. The van der Waals surface area contributed by atoms with E-state index in [9.17, 15) is 5.11 Å². The van der Waals surface area contributed by atoms with Crippen LogP contribution >= 0.6 is 31.9 Å². The lowest BCUT2D eigenvalue weighted by atomic mass is 9.86. The summed E-state index contributed by atoms with van der Waals surface area (Å²) in [6.45, 7) is 0. The molecule has 4 rings (SSSR count). The van der Waals surface area contributed by atoms with Gasteiger partial charge >= 0.3 is 0 Å². The lowest BCUT2D eigenvalue weighted by Gasteiger charge is -2.24. The minimum absolute atomic E-state index is 0.698. The summed E-state index contributed by atoms with van der Waals surface area (Å²) >= 11 is 6.92. The lowest BCUT2D eigenvalue weighted by molar-refractivity contribution is 0.145. The fourth-order valence-corrected chi connectivity index (χ4v) is 3.74. The smallest absolute Gasteiger partial charge is 0.177 e. The maximum atomic E-state index is 11.8. The van der Waals surface area contributed by atoms with Crippen LogP contribution in [0.15, 0.2) is 112 Å². The molecule has 0 radical (unpaired) electrons. The molecule has 0 heterocycles. The van der Waals surface area contributed by atoms with Crippen molar-refractivity contribution in [1.29, 1.82) is 0 Å². The van der Waals surface area contributed by atoms with E-state index in [0.717, 1.165) is 25.6 Å². The molecule has 0 bridgehead atoms. The van der Waals surface area contributed by atoms with Gasteiger partial charge in [0.1, 0.15) is 0 Å². The second kappa shape index (κ2) is 10.0. The van der Waals surface area contributed by atoms with Crippen LogP contribution in [0.25, 0.3) is 0 Å². The van der Waals surface area contributed by atoms with Crippen molar-refractivity contribution >= 4 is 31.9 Å². The topological polar surface area (TPSA) is 20.2 Å². The molecular formula is C29H18Br2O. The summed E-state index contributed by atoms with van der Waals surface area (Å²) in [7, 11) is 0. The Kier molecular flexibility index (Phi) is 6.93. The number of hydrogen-bond donors (Lipinski definition) is 1. The van der Waals surface area contributed by atoms with E-state index in [1.165, 1.54) is 0 Å². The zero-order chi connectivity index (χ0) is 22.4. The Balaban J connectivity index is 1.79. The number of rotatable bonds is 2. The summed E-state index contributed by atoms with van der Waals surface area (Å²) in [5.74, 6) is 12.7. The SMILES string of the molecule is OC(C#Cc1ccccc1C#Cc1ccccc1)(c1ccc(Br)cc1)c1ccc(Br)cc1. The Morgan fingerprint density at radius 3 is 1.53 bits per heavy atom. The fraction of sp³-hybridized carbons (Fsp3) is 0.0345. The molecular weight excluding hydrogens is 524 g/mol. The number of halogens is 2. The van der Waals surface area contributed by atoms with Crippen LogP contribution in [-0.4, -0.2) is 5.11 Å². The Bertz CT molecular complexity index is 1290. The van der Waals surface area contributed by atoms with Gasteiger partial charge in [0, 0.05) is 36.8 Å². The highest BCUT2D eigenvalue weighted by Gasteiger charge is 2.29. The zero-order valence-electron chi connectivity index (χ0n) is 17.0. The third-order valence-corrected chi connectivity index (χ3v) is 6.00. The maximum Gasteiger partial charge on any atom is 0.177 e. The van der Waals surface area contributed by atoms with Crippen LogP contribution in [0.5, 0.6) is 0 Å². The molecule has 1 N–H and O–H groups in total. The van der Waals surface area contributed by atoms with Gasteiger partial charge in [-0.2, -0.15) is 0 Å². The van der Waals surface area contributed by atoms with Crippen LogP contribution in [-0.2, 0) is 5.60 Å². The van der Waals surface area contributed by atoms with Crippen molar-refractivity contribution in [2.24, 2.45) is 0 Å². The standard InChI is InChI=1S/C29H18Br2O/c30-27-16-12-25(13-17-27)29(32,26-14-18-28(31)19-15-26)21-20-24-9-5-4-8-23(24)11-10-22-6-2-1-3-7-22/h1-9,12-19,32H. The van der Waals surface area contributed by atoms with Gasteiger partial charge in [-0.25, -0.2) is 0 Å². The van der Waals surface area contributed by atoms with Gasteiger partial charge in [0.15, 0.2) is 5.60 Å². The summed E-state index contributed by atoms with van der Waals surface area (Å²) in [5, 5.41) is 11.8. The molecule has 0 amide bonds. The molecule has 1 nitrogen and oxygen atoms in total. The molecule has 0 aliphatic rings. The van der Waals surface area contributed by atoms with E-state index in [0.29, 0.717) is 11.1 Å². The van der Waals surface area contributed by atoms with E-state index < -0.39 is 5.60 Å². The number of benzene rings is 4. The average molecular weight is 542 g/mol. The average Bonchev–Trinajstić information content (AvgIpc) is 2.83. The first-order valence-electron chi connectivity index (χ1n) is 9.98. The monoisotopic (exact) mass is 540 g/mol. The van der Waals surface area contributed by atoms with Gasteiger partial charge in [-0.05, 0) is 48.5 Å². The van der Waals surface area contributed by atoms with E-state index in [2.05, 4.69) is 55.5 Å². The molecule has 154 valence electrons. The van der Waals surface area contributed by atoms with Crippen molar-refractivity contribution in [2.75, 3.05) is 0 Å². The Morgan fingerprint density at radius 1 is 0.531 bits per heavy atom. The molecule has 0 aliphatic heterocycles. The van der Waals surface area contributed by atoms with Gasteiger partial charge in [-0.3, -0.25) is 0 Å². The normalized spacial score (nSPS) is 10.5. The Morgan fingerprint density at radius 2 is 1.00 bits per heavy atom. The molecule has 0 spiro atoms. The predicted molar refractivity (Wildman–Crippen MR) is 137 cm³/mol. The van der Waals surface area contributed by atoms with Crippen LogP contribution in [0.3, 0.4) is 0 Å². The molecule has 0 saturated heterocycles. The molecule has 0 aromatic heterocycles. The third kappa shape index (κ3) is 5.21. The molecule has 0 unspecified atom stereocenters. The van der Waals surface area contributed by atoms with Gasteiger partial charge in [0.2, 0.25) is 0 Å². The molecule has 4 aromatic rings. The summed E-state index contributed by atoms with van der Waals surface area (Å²) in [6.07, 6.45) is 0. The molecule has 0 atom stereocenters. The lowest BCUT2D eigenvalue weighted by Crippen LogP contribution is -2.25. The highest BCUT2D eigenvalue weighted by Crippen LogP contribution is 2.31. The van der Waals surface area contributed by atoms with Crippen LogP contribution in [0.4, 0.5) is 0 Å². The van der Waals surface area contributed by atoms with E-state index in [4.69, 9.17) is 0 Å². The van der Waals surface area contributed by atoms with Gasteiger partial charge in [-0.1, -0.05) is 110 Å². The highest BCUT2D eigenvalue weighted by atomic mass is 79.9. The van der Waals surface area contributed by atoms with E-state index >= 15 is 0 Å². The predicted octanol–water partition coefficient (Wildman–Crippen LogP) is 6.90. The summed E-state index contributed by atoms with van der Waals surface area (Å²) in [4.78, 5) is 0. The van der Waals surface area contributed by atoms with E-state index in [1.807, 2.05) is 103 Å². The number of aliphatic hydroxyl groups is 1. The first kappa shape index (κ1) is 22.1. The van der Waals surface area contributed by atoms with Crippen molar-refractivity contribution in [3.63, 3.8) is 0 Å². The van der Waals surface area contributed by atoms with Gasteiger partial charge in [0.25, 0.3) is 0 Å². The highest BCUT2D eigenvalue weighted by molar-refractivity contribution is 9.10. The quantitative estimate of drug-likeness (QED) is 0.274. The summed E-state index contributed by atoms with van der Waals surface area (Å²) in [5.41, 5.74) is 2.45. The third-order valence-electron chi connectivity index (χ3n) is 4.94. The van der Waals surface area contributed by atoms with Crippen molar-refractivity contribution in [1.82, 2.24) is 0 Å². The molecule has 0 saturated carbocycles. The molecule has 0 aliphatic carbocycles. The summed E-state index contributed by atoms with van der Waals surface area (Å²) < 4.78 is 1.88. The van der Waals surface area contributed by atoms with Gasteiger partial charge in [0.05, 0.1) is 0 Å². The minimum atomic E-state index is -1.47. The fourth-order valence-electron chi connectivity index (χ4n) is 3.21. The van der Waals surface area contributed by atoms with Crippen LogP contribution in [0, 0.1) is 23.7 Å².